The van der Waals surface area contributed by atoms with E-state index in [1.54, 1.807) is 6.92 Å². The molecule has 0 aromatic carbocycles. The minimum Gasteiger partial charge on any atom is -0.384 e. The van der Waals surface area contributed by atoms with Gasteiger partial charge in [0.15, 0.2) is 5.66 Å². The lowest BCUT2D eigenvalue weighted by atomic mass is 9.85. The van der Waals surface area contributed by atoms with Gasteiger partial charge < -0.3 is 16.0 Å². The first-order chi connectivity index (χ1) is 18.1. The van der Waals surface area contributed by atoms with Gasteiger partial charge in [0.1, 0.15) is 5.84 Å². The first-order valence-corrected chi connectivity index (χ1v) is 13.7. The fourth-order valence-electron chi connectivity index (χ4n) is 4.52. The number of nitrogens with zero attached hydrogens (tertiary/aromatic N) is 3. The molecule has 9 nitrogen and oxygen atoms in total. The summed E-state index contributed by atoms with van der Waals surface area (Å²) in [6, 6.07) is -0.247. The van der Waals surface area contributed by atoms with Crippen molar-refractivity contribution in [2.75, 3.05) is 6.54 Å². The zero-order chi connectivity index (χ0) is 30.0. The number of aliphatic imine (C=N–C) groups is 1. The summed E-state index contributed by atoms with van der Waals surface area (Å²) in [6.07, 6.45) is 8.71. The van der Waals surface area contributed by atoms with Crippen LogP contribution in [0.25, 0.3) is 0 Å². The Balaban J connectivity index is 3.22. The molecule has 0 aromatic rings. The Labute approximate surface area is 235 Å². The van der Waals surface area contributed by atoms with Crippen molar-refractivity contribution in [2.45, 2.75) is 106 Å². The summed E-state index contributed by atoms with van der Waals surface area (Å²) in [5.74, 6) is 4.85. The topological polar surface area (TPSA) is 138 Å². The van der Waals surface area contributed by atoms with E-state index in [-0.39, 0.29) is 35.7 Å². The van der Waals surface area contributed by atoms with Crippen molar-refractivity contribution in [3.05, 3.63) is 47.6 Å². The van der Waals surface area contributed by atoms with E-state index in [1.165, 1.54) is 11.1 Å². The predicted octanol–water partition coefficient (Wildman–Crippen LogP) is 4.64. The summed E-state index contributed by atoms with van der Waals surface area (Å²) in [5, 5.41) is 6.29. The number of amidine groups is 1. The zero-order valence-electron chi connectivity index (χ0n) is 25.4. The van der Waals surface area contributed by atoms with Crippen molar-refractivity contribution in [1.29, 1.82) is 0 Å². The van der Waals surface area contributed by atoms with E-state index in [2.05, 4.69) is 76.7 Å². The normalized spacial score (nSPS) is 18.7. The maximum atomic E-state index is 13.5. The van der Waals surface area contributed by atoms with Crippen molar-refractivity contribution >= 4 is 23.4 Å². The highest BCUT2D eigenvalue weighted by atomic mass is 16.2. The van der Waals surface area contributed by atoms with Crippen molar-refractivity contribution < 1.29 is 9.59 Å². The molecule has 1 aliphatic heterocycles. The number of carbonyl (C=O) groups is 2. The van der Waals surface area contributed by atoms with E-state index < -0.39 is 5.66 Å². The number of hydrazine groups is 1. The summed E-state index contributed by atoms with van der Waals surface area (Å²) >= 11 is 0. The van der Waals surface area contributed by atoms with Crippen LogP contribution in [0.4, 0.5) is 0 Å². The second-order valence-corrected chi connectivity index (χ2v) is 11.9. The van der Waals surface area contributed by atoms with Crippen LogP contribution in [0.3, 0.4) is 0 Å². The van der Waals surface area contributed by atoms with E-state index >= 15 is 0 Å². The smallest absolute Gasteiger partial charge is 0.270 e. The molecule has 0 spiro atoms. The van der Waals surface area contributed by atoms with Gasteiger partial charge in [0.2, 0.25) is 5.91 Å². The lowest BCUT2D eigenvalue weighted by Gasteiger charge is -2.40. The van der Waals surface area contributed by atoms with Crippen LogP contribution in [0.1, 0.15) is 93.9 Å². The summed E-state index contributed by atoms with van der Waals surface area (Å²) in [6.45, 7) is 25.1. The molecule has 2 amide bonds. The van der Waals surface area contributed by atoms with Crippen LogP contribution in [0.5, 0.6) is 0 Å². The third-order valence-corrected chi connectivity index (χ3v) is 6.83. The van der Waals surface area contributed by atoms with Gasteiger partial charge in [-0.1, -0.05) is 64.5 Å². The molecule has 218 valence electrons. The highest BCUT2D eigenvalue weighted by molar-refractivity contribution is 6.39. The lowest BCUT2D eigenvalue weighted by molar-refractivity contribution is -0.128. The average Bonchev–Trinajstić information content (AvgIpc) is 3.06. The molecular weight excluding hydrogens is 490 g/mol. The van der Waals surface area contributed by atoms with E-state index in [0.717, 1.165) is 31.3 Å². The summed E-state index contributed by atoms with van der Waals surface area (Å²) in [7, 11) is 0. The largest absolute Gasteiger partial charge is 0.384 e. The molecule has 39 heavy (non-hydrogen) atoms. The number of nitrogens with one attached hydrogen (secondary N) is 2. The third-order valence-electron chi connectivity index (χ3n) is 6.83. The van der Waals surface area contributed by atoms with Gasteiger partial charge in [0.05, 0.1) is 18.3 Å². The van der Waals surface area contributed by atoms with Gasteiger partial charge in [-0.2, -0.15) is 5.10 Å². The van der Waals surface area contributed by atoms with E-state index in [0.29, 0.717) is 24.1 Å². The Morgan fingerprint density at radius 3 is 2.41 bits per heavy atom. The molecule has 0 saturated heterocycles. The highest BCUT2D eigenvalue weighted by Crippen LogP contribution is 2.36. The van der Waals surface area contributed by atoms with Crippen LogP contribution in [0, 0.1) is 5.41 Å². The molecule has 2 atom stereocenters. The molecule has 0 bridgehead atoms. The van der Waals surface area contributed by atoms with Crippen LogP contribution < -0.4 is 22.4 Å². The second-order valence-electron chi connectivity index (χ2n) is 11.9. The summed E-state index contributed by atoms with van der Waals surface area (Å²) in [5.41, 5.74) is 11.3. The number of hydrazone groups is 1. The van der Waals surface area contributed by atoms with Crippen LogP contribution in [0.2, 0.25) is 0 Å². The zero-order valence-corrected chi connectivity index (χ0v) is 25.4. The van der Waals surface area contributed by atoms with Crippen molar-refractivity contribution in [3.8, 4) is 0 Å². The van der Waals surface area contributed by atoms with Gasteiger partial charge in [-0.15, -0.1) is 0 Å². The minimum atomic E-state index is -0.830. The minimum absolute atomic E-state index is 0.0481. The molecule has 1 aliphatic rings. The van der Waals surface area contributed by atoms with E-state index in [1.807, 2.05) is 17.9 Å². The number of rotatable bonds is 15. The summed E-state index contributed by atoms with van der Waals surface area (Å²) < 4.78 is 0. The van der Waals surface area contributed by atoms with E-state index in [4.69, 9.17) is 16.6 Å². The first kappa shape index (κ1) is 33.8. The van der Waals surface area contributed by atoms with Crippen LogP contribution in [0.15, 0.2) is 57.7 Å². The maximum absolute atomic E-state index is 13.5. The molecule has 0 aromatic heterocycles. The number of nitrogens with two attached hydrogens (primary N) is 2. The molecule has 0 fully saturated rings. The first-order valence-electron chi connectivity index (χ1n) is 13.7. The molecule has 2 unspecified atom stereocenters. The molecule has 0 aliphatic carbocycles. The number of carbonyl (C=O) groups excluding carboxylic acids is 2. The molecule has 1 heterocycles. The molecule has 6 N–H and O–H groups in total. The number of hydrogen-bond donors (Lipinski definition) is 4. The Kier molecular flexibility index (Phi) is 12.9. The standard InChI is InChI=1S/C30H51N7O2/c1-11-12-24(20(2)3)15-18-30(10)34-23(6)28(39)37(30)25(16-17-29(7,8)9)21(4)13-14-22(5)27(38)33-19-26(31)35-36-32/h15,18,25,36H,4-5,11-14,16-17,19,32H2,1-3,6-10H3,(H2,31,35)(H,33,38)/b18-15+. The SMILES string of the molecule is C=C(CCC(=C)C(CCC(C)(C)C)N1C(=O)C(C)=NC1(C)/C=C/C(CCC)=C(C)C)C(=O)NC/C(N)=N/NN. The van der Waals surface area contributed by atoms with Gasteiger partial charge in [-0.25, -0.2) is 11.4 Å². The fourth-order valence-corrected chi connectivity index (χ4v) is 4.52. The number of hydrogen-bond acceptors (Lipinski definition) is 6. The molecule has 1 rings (SSSR count). The molecular formula is C30H51N7O2. The number of amides is 2. The maximum Gasteiger partial charge on any atom is 0.270 e. The Hall–Kier alpha value is -3.20. The second kappa shape index (κ2) is 14.8. The van der Waals surface area contributed by atoms with Gasteiger partial charge >= 0.3 is 0 Å². The summed E-state index contributed by atoms with van der Waals surface area (Å²) in [4.78, 5) is 32.7. The monoisotopic (exact) mass is 541 g/mol. The molecule has 0 radical (unpaired) electrons. The third kappa shape index (κ3) is 10.5. The van der Waals surface area contributed by atoms with Crippen molar-refractivity contribution in [3.63, 3.8) is 0 Å². The van der Waals surface area contributed by atoms with Crippen LogP contribution in [-0.4, -0.2) is 46.5 Å². The Bertz CT molecular complexity index is 1040. The predicted molar refractivity (Wildman–Crippen MR) is 163 cm³/mol. The Morgan fingerprint density at radius 1 is 1.23 bits per heavy atom. The van der Waals surface area contributed by atoms with Crippen LogP contribution >= 0.6 is 0 Å². The van der Waals surface area contributed by atoms with Crippen molar-refractivity contribution in [2.24, 2.45) is 27.1 Å². The number of allylic oxidation sites excluding steroid dienone is 3. The average molecular weight is 542 g/mol. The fraction of sp³-hybridized carbons (Fsp3) is 0.600. The van der Waals surface area contributed by atoms with Gasteiger partial charge in [-0.3, -0.25) is 14.6 Å². The van der Waals surface area contributed by atoms with Gasteiger partial charge in [0, 0.05) is 5.57 Å². The van der Waals surface area contributed by atoms with Gasteiger partial charge in [0.25, 0.3) is 5.91 Å². The highest BCUT2D eigenvalue weighted by Gasteiger charge is 2.44. The van der Waals surface area contributed by atoms with E-state index in [9.17, 15) is 9.59 Å². The Morgan fingerprint density at radius 2 is 1.87 bits per heavy atom. The lowest BCUT2D eigenvalue weighted by Crippen LogP contribution is -2.50. The molecule has 9 heteroatoms. The van der Waals surface area contributed by atoms with Crippen molar-refractivity contribution in [1.82, 2.24) is 15.8 Å². The van der Waals surface area contributed by atoms with Gasteiger partial charge in [-0.05, 0) is 76.9 Å². The van der Waals surface area contributed by atoms with Crippen LogP contribution in [-0.2, 0) is 9.59 Å². The molecule has 0 saturated carbocycles. The quantitative estimate of drug-likeness (QED) is 0.0455.